The quantitative estimate of drug-likeness (QED) is 0.723. The second-order valence-corrected chi connectivity index (χ2v) is 6.14. The first-order chi connectivity index (χ1) is 7.11. The van der Waals surface area contributed by atoms with Gasteiger partial charge in [-0.3, -0.25) is 0 Å². The Balaban J connectivity index is 1.96. The fourth-order valence-corrected chi connectivity index (χ4v) is 4.15. The van der Waals surface area contributed by atoms with Crippen molar-refractivity contribution in [1.82, 2.24) is 5.32 Å². The Kier molecular flexibility index (Phi) is 3.15. The van der Waals surface area contributed by atoms with Crippen LogP contribution >= 0.6 is 0 Å². The van der Waals surface area contributed by atoms with E-state index in [9.17, 15) is 4.79 Å². The Hall–Kier alpha value is -0.370. The predicted molar refractivity (Wildman–Crippen MR) is 61.7 cm³/mol. The highest BCUT2D eigenvalue weighted by molar-refractivity contribution is 5.51. The SMILES string of the molecule is CC1CC2CC(NCC=O)CC(C)(C1)C2. The Bertz CT molecular complexity index is 237. The number of carbonyl (C=O) groups excluding carboxylic acids is 1. The standard InChI is InChI=1S/C13H23NO/c1-10-5-11-6-12(14-3-4-15)9-13(2,7-10)8-11/h4,10-12,14H,3,5-9H2,1-2H3. The van der Waals surface area contributed by atoms with Crippen LogP contribution in [0.3, 0.4) is 0 Å². The summed E-state index contributed by atoms with van der Waals surface area (Å²) in [6.45, 7) is 5.36. The molecule has 0 aromatic carbocycles. The van der Waals surface area contributed by atoms with Crippen LogP contribution in [0.15, 0.2) is 0 Å². The largest absolute Gasteiger partial charge is 0.307 e. The highest BCUT2D eigenvalue weighted by Crippen LogP contribution is 2.50. The molecule has 0 saturated heterocycles. The molecule has 2 heteroatoms. The molecule has 4 unspecified atom stereocenters. The smallest absolute Gasteiger partial charge is 0.133 e. The number of hydrogen-bond acceptors (Lipinski definition) is 2. The summed E-state index contributed by atoms with van der Waals surface area (Å²) < 4.78 is 0. The highest BCUT2D eigenvalue weighted by atomic mass is 16.1. The molecule has 2 nitrogen and oxygen atoms in total. The van der Waals surface area contributed by atoms with Crippen LogP contribution in [0.2, 0.25) is 0 Å². The third kappa shape index (κ3) is 2.60. The molecule has 2 aliphatic carbocycles. The molecule has 0 aromatic rings. The van der Waals surface area contributed by atoms with Crippen molar-refractivity contribution in [3.63, 3.8) is 0 Å². The van der Waals surface area contributed by atoms with Crippen LogP contribution in [-0.4, -0.2) is 18.9 Å². The minimum absolute atomic E-state index is 0.531. The molecule has 2 aliphatic rings. The van der Waals surface area contributed by atoms with E-state index in [1.165, 1.54) is 32.1 Å². The molecule has 15 heavy (non-hydrogen) atoms. The van der Waals surface area contributed by atoms with Crippen LogP contribution in [0, 0.1) is 17.3 Å². The van der Waals surface area contributed by atoms with Crippen LogP contribution < -0.4 is 5.32 Å². The average molecular weight is 209 g/mol. The van der Waals surface area contributed by atoms with Crippen LogP contribution in [0.1, 0.15) is 46.0 Å². The Labute approximate surface area is 92.8 Å². The zero-order valence-corrected chi connectivity index (χ0v) is 9.96. The molecular formula is C13H23NO. The van der Waals surface area contributed by atoms with Crippen molar-refractivity contribution >= 4 is 6.29 Å². The van der Waals surface area contributed by atoms with Gasteiger partial charge in [0.05, 0.1) is 6.54 Å². The molecule has 2 bridgehead atoms. The van der Waals surface area contributed by atoms with E-state index in [4.69, 9.17) is 0 Å². The minimum Gasteiger partial charge on any atom is -0.307 e. The molecular weight excluding hydrogens is 186 g/mol. The van der Waals surface area contributed by atoms with Gasteiger partial charge < -0.3 is 10.1 Å². The fourth-order valence-electron chi connectivity index (χ4n) is 4.15. The topological polar surface area (TPSA) is 29.1 Å². The summed E-state index contributed by atoms with van der Waals surface area (Å²) >= 11 is 0. The Morgan fingerprint density at radius 2 is 2.13 bits per heavy atom. The van der Waals surface area contributed by atoms with Crippen LogP contribution in [-0.2, 0) is 4.79 Å². The number of nitrogens with one attached hydrogen (secondary N) is 1. The molecule has 4 atom stereocenters. The van der Waals surface area contributed by atoms with Gasteiger partial charge in [0.15, 0.2) is 0 Å². The number of fused-ring (bicyclic) bond motifs is 2. The van der Waals surface area contributed by atoms with Crippen LogP contribution in [0.5, 0.6) is 0 Å². The van der Waals surface area contributed by atoms with Crippen molar-refractivity contribution in [3.05, 3.63) is 0 Å². The molecule has 0 amide bonds. The number of rotatable bonds is 3. The molecule has 0 spiro atoms. The van der Waals surface area contributed by atoms with E-state index in [-0.39, 0.29) is 0 Å². The summed E-state index contributed by atoms with van der Waals surface area (Å²) in [6.07, 6.45) is 7.72. The van der Waals surface area contributed by atoms with E-state index in [2.05, 4.69) is 19.2 Å². The third-order valence-electron chi connectivity index (χ3n) is 4.21. The lowest BCUT2D eigenvalue weighted by Crippen LogP contribution is -2.45. The van der Waals surface area contributed by atoms with E-state index in [0.717, 1.165) is 18.1 Å². The van der Waals surface area contributed by atoms with E-state index < -0.39 is 0 Å². The first-order valence-electron chi connectivity index (χ1n) is 6.28. The van der Waals surface area contributed by atoms with Crippen LogP contribution in [0.25, 0.3) is 0 Å². The maximum atomic E-state index is 10.4. The van der Waals surface area contributed by atoms with E-state index >= 15 is 0 Å². The van der Waals surface area contributed by atoms with Gasteiger partial charge >= 0.3 is 0 Å². The summed E-state index contributed by atoms with van der Waals surface area (Å²) in [5, 5.41) is 3.37. The second-order valence-electron chi connectivity index (χ2n) is 6.14. The predicted octanol–water partition coefficient (Wildman–Crippen LogP) is 2.38. The van der Waals surface area contributed by atoms with Gasteiger partial charge in [0.2, 0.25) is 0 Å². The zero-order chi connectivity index (χ0) is 10.9. The molecule has 0 aliphatic heterocycles. The Morgan fingerprint density at radius 1 is 1.33 bits per heavy atom. The molecule has 1 N–H and O–H groups in total. The summed E-state index contributed by atoms with van der Waals surface area (Å²) in [4.78, 5) is 10.4. The monoisotopic (exact) mass is 209 g/mol. The number of carbonyl (C=O) groups is 1. The van der Waals surface area contributed by atoms with Gasteiger partial charge in [-0.1, -0.05) is 13.8 Å². The summed E-state index contributed by atoms with van der Waals surface area (Å²) in [7, 11) is 0. The van der Waals surface area contributed by atoms with E-state index in [1.807, 2.05) is 0 Å². The molecule has 0 heterocycles. The summed E-state index contributed by atoms with van der Waals surface area (Å²) in [6, 6.07) is 0.589. The van der Waals surface area contributed by atoms with Crippen molar-refractivity contribution < 1.29 is 4.79 Å². The molecule has 2 saturated carbocycles. The lowest BCUT2D eigenvalue weighted by atomic mass is 9.59. The first-order valence-corrected chi connectivity index (χ1v) is 6.28. The van der Waals surface area contributed by atoms with Gasteiger partial charge in [0.25, 0.3) is 0 Å². The van der Waals surface area contributed by atoms with Gasteiger partial charge in [-0.25, -0.2) is 0 Å². The van der Waals surface area contributed by atoms with Crippen molar-refractivity contribution in [3.8, 4) is 0 Å². The van der Waals surface area contributed by atoms with E-state index in [1.54, 1.807) is 0 Å². The van der Waals surface area contributed by atoms with Gasteiger partial charge in [-0.15, -0.1) is 0 Å². The summed E-state index contributed by atoms with van der Waals surface area (Å²) in [5.41, 5.74) is 0.543. The van der Waals surface area contributed by atoms with Gasteiger partial charge in [0, 0.05) is 6.04 Å². The maximum Gasteiger partial charge on any atom is 0.133 e. The lowest BCUT2D eigenvalue weighted by molar-refractivity contribution is -0.107. The minimum atomic E-state index is 0.531. The molecule has 2 rings (SSSR count). The molecule has 86 valence electrons. The second kappa shape index (κ2) is 4.25. The van der Waals surface area contributed by atoms with Crippen molar-refractivity contribution in [1.29, 1.82) is 0 Å². The van der Waals surface area contributed by atoms with Crippen molar-refractivity contribution in [2.75, 3.05) is 6.54 Å². The average Bonchev–Trinajstić information content (AvgIpc) is 2.11. The number of aldehydes is 1. The number of hydrogen-bond donors (Lipinski definition) is 1. The van der Waals surface area contributed by atoms with E-state index in [0.29, 0.717) is 18.0 Å². The summed E-state index contributed by atoms with van der Waals surface area (Å²) in [5.74, 6) is 1.80. The van der Waals surface area contributed by atoms with Gasteiger partial charge in [-0.05, 0) is 49.4 Å². The molecule has 0 aromatic heterocycles. The first kappa shape index (κ1) is 11.1. The molecule has 0 radical (unpaired) electrons. The third-order valence-corrected chi connectivity index (χ3v) is 4.21. The normalized spacial score (nSPS) is 45.1. The zero-order valence-electron chi connectivity index (χ0n) is 9.96. The molecule has 2 fully saturated rings. The van der Waals surface area contributed by atoms with Crippen LogP contribution in [0.4, 0.5) is 0 Å². The van der Waals surface area contributed by atoms with Gasteiger partial charge in [0.1, 0.15) is 6.29 Å². The highest BCUT2D eigenvalue weighted by Gasteiger charge is 2.41. The fraction of sp³-hybridized carbons (Fsp3) is 0.923. The van der Waals surface area contributed by atoms with Gasteiger partial charge in [-0.2, -0.15) is 0 Å². The lowest BCUT2D eigenvalue weighted by Gasteiger charge is -2.49. The van der Waals surface area contributed by atoms with Crippen molar-refractivity contribution in [2.45, 2.75) is 52.0 Å². The Morgan fingerprint density at radius 3 is 2.80 bits per heavy atom. The maximum absolute atomic E-state index is 10.4. The van der Waals surface area contributed by atoms with Crippen molar-refractivity contribution in [2.24, 2.45) is 17.3 Å².